The summed E-state index contributed by atoms with van der Waals surface area (Å²) >= 11 is 1.44. The van der Waals surface area contributed by atoms with E-state index in [1.165, 1.54) is 18.4 Å². The van der Waals surface area contributed by atoms with Crippen molar-refractivity contribution in [2.45, 2.75) is 6.04 Å². The van der Waals surface area contributed by atoms with E-state index in [0.717, 1.165) is 10.6 Å². The standard InChI is InChI=1S/C13H14FNO2S/c1-16-8-6-11(18-7-8)13(15)9-4-3-5-10(17-2)12(9)14/h3-7,13H,15H2,1-2H3. The van der Waals surface area contributed by atoms with Gasteiger partial charge in [-0.3, -0.25) is 0 Å². The van der Waals surface area contributed by atoms with Gasteiger partial charge in [0.05, 0.1) is 20.3 Å². The molecule has 1 heterocycles. The Hall–Kier alpha value is -1.59. The SMILES string of the molecule is COc1csc(C(N)c2cccc(OC)c2F)c1. The highest BCUT2D eigenvalue weighted by Gasteiger charge is 2.18. The molecule has 0 amide bonds. The molecule has 0 saturated carbocycles. The molecule has 5 heteroatoms. The summed E-state index contributed by atoms with van der Waals surface area (Å²) in [5.74, 6) is 0.514. The van der Waals surface area contributed by atoms with Crippen molar-refractivity contribution >= 4 is 11.3 Å². The van der Waals surface area contributed by atoms with E-state index in [-0.39, 0.29) is 5.75 Å². The number of halogens is 1. The van der Waals surface area contributed by atoms with Crippen molar-refractivity contribution in [1.29, 1.82) is 0 Å². The van der Waals surface area contributed by atoms with Crippen LogP contribution < -0.4 is 15.2 Å². The van der Waals surface area contributed by atoms with Crippen molar-refractivity contribution in [2.75, 3.05) is 14.2 Å². The van der Waals surface area contributed by atoms with Crippen molar-refractivity contribution in [3.8, 4) is 11.5 Å². The molecule has 3 nitrogen and oxygen atoms in total. The lowest BCUT2D eigenvalue weighted by molar-refractivity contribution is 0.383. The van der Waals surface area contributed by atoms with Gasteiger partial charge in [-0.2, -0.15) is 0 Å². The van der Waals surface area contributed by atoms with E-state index in [0.29, 0.717) is 5.56 Å². The van der Waals surface area contributed by atoms with E-state index < -0.39 is 11.9 Å². The summed E-state index contributed by atoms with van der Waals surface area (Å²) in [6.45, 7) is 0. The first-order chi connectivity index (χ1) is 8.67. The number of nitrogens with two attached hydrogens (primary N) is 1. The smallest absolute Gasteiger partial charge is 0.170 e. The summed E-state index contributed by atoms with van der Waals surface area (Å²) in [7, 11) is 3.02. The molecule has 0 bridgehead atoms. The zero-order valence-electron chi connectivity index (χ0n) is 10.1. The van der Waals surface area contributed by atoms with Crippen LogP contribution in [0.4, 0.5) is 4.39 Å². The second-order valence-electron chi connectivity index (χ2n) is 3.73. The molecular weight excluding hydrogens is 253 g/mol. The van der Waals surface area contributed by atoms with Gasteiger partial charge in [-0.1, -0.05) is 12.1 Å². The molecule has 0 fully saturated rings. The number of hydrogen-bond acceptors (Lipinski definition) is 4. The van der Waals surface area contributed by atoms with E-state index >= 15 is 0 Å². The largest absolute Gasteiger partial charge is 0.496 e. The molecule has 0 aliphatic carbocycles. The molecule has 1 aromatic heterocycles. The summed E-state index contributed by atoms with van der Waals surface area (Å²) in [6.07, 6.45) is 0. The Morgan fingerprint density at radius 3 is 2.67 bits per heavy atom. The Morgan fingerprint density at radius 2 is 2.06 bits per heavy atom. The maximum Gasteiger partial charge on any atom is 0.170 e. The molecule has 1 atom stereocenters. The van der Waals surface area contributed by atoms with Gasteiger partial charge in [0.25, 0.3) is 0 Å². The summed E-state index contributed by atoms with van der Waals surface area (Å²) in [5.41, 5.74) is 6.48. The summed E-state index contributed by atoms with van der Waals surface area (Å²) in [6, 6.07) is 6.25. The van der Waals surface area contributed by atoms with Crippen molar-refractivity contribution < 1.29 is 13.9 Å². The van der Waals surface area contributed by atoms with Crippen LogP contribution >= 0.6 is 11.3 Å². The number of hydrogen-bond donors (Lipinski definition) is 1. The molecule has 2 N–H and O–H groups in total. The van der Waals surface area contributed by atoms with Crippen LogP contribution in [-0.2, 0) is 0 Å². The van der Waals surface area contributed by atoms with Crippen LogP contribution in [-0.4, -0.2) is 14.2 Å². The van der Waals surface area contributed by atoms with Crippen molar-refractivity contribution in [2.24, 2.45) is 5.73 Å². The Bertz CT molecular complexity index is 542. The van der Waals surface area contributed by atoms with E-state index in [9.17, 15) is 4.39 Å². The Labute approximate surface area is 109 Å². The average Bonchev–Trinajstić information content (AvgIpc) is 2.87. The lowest BCUT2D eigenvalue weighted by Gasteiger charge is -2.13. The predicted octanol–water partition coefficient (Wildman–Crippen LogP) is 2.95. The van der Waals surface area contributed by atoms with Gasteiger partial charge in [-0.15, -0.1) is 11.3 Å². The predicted molar refractivity (Wildman–Crippen MR) is 69.9 cm³/mol. The van der Waals surface area contributed by atoms with Gasteiger partial charge in [-0.25, -0.2) is 4.39 Å². The Morgan fingerprint density at radius 1 is 1.28 bits per heavy atom. The average molecular weight is 267 g/mol. The van der Waals surface area contributed by atoms with Gasteiger partial charge in [0, 0.05) is 15.8 Å². The molecule has 18 heavy (non-hydrogen) atoms. The van der Waals surface area contributed by atoms with Gasteiger partial charge in [0.2, 0.25) is 0 Å². The first-order valence-corrected chi connectivity index (χ1v) is 6.25. The zero-order valence-corrected chi connectivity index (χ0v) is 11.0. The second kappa shape index (κ2) is 5.37. The summed E-state index contributed by atoms with van der Waals surface area (Å²) < 4.78 is 24.1. The fourth-order valence-electron chi connectivity index (χ4n) is 1.68. The number of ether oxygens (including phenoxy) is 2. The second-order valence-corrected chi connectivity index (χ2v) is 4.67. The van der Waals surface area contributed by atoms with Crippen LogP contribution in [0.2, 0.25) is 0 Å². The minimum Gasteiger partial charge on any atom is -0.496 e. The van der Waals surface area contributed by atoms with Crippen LogP contribution in [0.5, 0.6) is 11.5 Å². The maximum absolute atomic E-state index is 14.1. The zero-order chi connectivity index (χ0) is 13.1. The summed E-state index contributed by atoms with van der Waals surface area (Å²) in [4.78, 5) is 0.846. The maximum atomic E-state index is 14.1. The molecule has 0 spiro atoms. The van der Waals surface area contributed by atoms with Crippen molar-refractivity contribution in [3.05, 3.63) is 45.9 Å². The third-order valence-electron chi connectivity index (χ3n) is 2.69. The first kappa shape index (κ1) is 12.9. The van der Waals surface area contributed by atoms with E-state index in [1.54, 1.807) is 25.3 Å². The highest BCUT2D eigenvalue weighted by atomic mass is 32.1. The van der Waals surface area contributed by atoms with Crippen LogP contribution in [0.15, 0.2) is 29.6 Å². The van der Waals surface area contributed by atoms with E-state index in [1.807, 2.05) is 11.4 Å². The van der Waals surface area contributed by atoms with E-state index in [2.05, 4.69) is 0 Å². The molecule has 0 aliphatic heterocycles. The molecule has 0 aliphatic rings. The first-order valence-electron chi connectivity index (χ1n) is 5.37. The quantitative estimate of drug-likeness (QED) is 0.926. The van der Waals surface area contributed by atoms with Gasteiger partial charge in [0.15, 0.2) is 11.6 Å². The number of methoxy groups -OCH3 is 2. The fraction of sp³-hybridized carbons (Fsp3) is 0.231. The van der Waals surface area contributed by atoms with Gasteiger partial charge in [-0.05, 0) is 12.1 Å². The van der Waals surface area contributed by atoms with Gasteiger partial charge >= 0.3 is 0 Å². The normalized spacial score (nSPS) is 12.2. The number of thiophene rings is 1. The molecule has 2 rings (SSSR count). The molecule has 1 unspecified atom stereocenters. The molecule has 2 aromatic rings. The third-order valence-corrected chi connectivity index (χ3v) is 3.68. The highest BCUT2D eigenvalue weighted by Crippen LogP contribution is 2.32. The molecule has 1 aromatic carbocycles. The number of rotatable bonds is 4. The van der Waals surface area contributed by atoms with Crippen LogP contribution in [0.25, 0.3) is 0 Å². The van der Waals surface area contributed by atoms with E-state index in [4.69, 9.17) is 15.2 Å². The minimum atomic E-state index is -0.519. The third kappa shape index (κ3) is 2.32. The van der Waals surface area contributed by atoms with Crippen molar-refractivity contribution in [3.63, 3.8) is 0 Å². The monoisotopic (exact) mass is 267 g/mol. The lowest BCUT2D eigenvalue weighted by atomic mass is 10.1. The van der Waals surface area contributed by atoms with Crippen LogP contribution in [0, 0.1) is 5.82 Å². The van der Waals surface area contributed by atoms with Crippen LogP contribution in [0.1, 0.15) is 16.5 Å². The molecular formula is C13H14FNO2S. The topological polar surface area (TPSA) is 44.5 Å². The van der Waals surface area contributed by atoms with Gasteiger partial charge in [0.1, 0.15) is 5.75 Å². The molecule has 0 radical (unpaired) electrons. The minimum absolute atomic E-state index is 0.200. The Kier molecular flexibility index (Phi) is 3.84. The Balaban J connectivity index is 2.36. The number of benzene rings is 1. The highest BCUT2D eigenvalue weighted by molar-refractivity contribution is 7.10. The fourth-order valence-corrected chi connectivity index (χ4v) is 2.56. The lowest BCUT2D eigenvalue weighted by Crippen LogP contribution is -2.12. The van der Waals surface area contributed by atoms with Gasteiger partial charge < -0.3 is 15.2 Å². The summed E-state index contributed by atoms with van der Waals surface area (Å²) in [5, 5.41) is 1.84. The van der Waals surface area contributed by atoms with Crippen LogP contribution in [0.3, 0.4) is 0 Å². The van der Waals surface area contributed by atoms with Crippen molar-refractivity contribution in [1.82, 2.24) is 0 Å². The molecule has 96 valence electrons. The molecule has 0 saturated heterocycles.